The Kier molecular flexibility index (Phi) is 3.34. The highest BCUT2D eigenvalue weighted by Gasteiger charge is 2.37. The van der Waals surface area contributed by atoms with Crippen LogP contribution < -0.4 is 5.73 Å². The minimum absolute atomic E-state index is 0.331. The van der Waals surface area contributed by atoms with Crippen LogP contribution in [0.2, 0.25) is 0 Å². The number of benzene rings is 2. The van der Waals surface area contributed by atoms with E-state index in [9.17, 15) is 0 Å². The molecule has 3 rings (SSSR count). The van der Waals surface area contributed by atoms with Crippen molar-refractivity contribution in [3.05, 3.63) is 60.2 Å². The monoisotopic (exact) mass is 255 g/mol. The molecule has 1 fully saturated rings. The second kappa shape index (κ2) is 5.13. The van der Waals surface area contributed by atoms with Crippen molar-refractivity contribution in [2.24, 2.45) is 5.73 Å². The molecule has 2 aromatic carbocycles. The third-order valence-electron chi connectivity index (χ3n) is 3.45. The van der Waals surface area contributed by atoms with Gasteiger partial charge in [0, 0.05) is 5.56 Å². The van der Waals surface area contributed by atoms with Crippen LogP contribution in [0.3, 0.4) is 0 Å². The second-order valence-electron chi connectivity index (χ2n) is 4.60. The smallest absolute Gasteiger partial charge is 0.207 e. The Labute approximate surface area is 113 Å². The van der Waals surface area contributed by atoms with Crippen molar-refractivity contribution in [3.8, 4) is 11.1 Å². The normalized spacial score (nSPS) is 17.5. The van der Waals surface area contributed by atoms with Crippen molar-refractivity contribution < 1.29 is 9.47 Å². The SMILES string of the molecule is NCC1(c2ccc(-c3ccccc3)cc2)OCCO1. The minimum Gasteiger partial charge on any atom is -0.342 e. The fourth-order valence-electron chi connectivity index (χ4n) is 2.40. The summed E-state index contributed by atoms with van der Waals surface area (Å²) in [5.74, 6) is -0.755. The van der Waals surface area contributed by atoms with Gasteiger partial charge in [-0.2, -0.15) is 0 Å². The molecular formula is C16H17NO2. The Bertz CT molecular complexity index is 530. The molecule has 19 heavy (non-hydrogen) atoms. The summed E-state index contributed by atoms with van der Waals surface area (Å²) in [6.45, 7) is 1.52. The largest absolute Gasteiger partial charge is 0.342 e. The van der Waals surface area contributed by atoms with Crippen LogP contribution in [0.25, 0.3) is 11.1 Å². The van der Waals surface area contributed by atoms with Crippen molar-refractivity contribution in [3.63, 3.8) is 0 Å². The Morgan fingerprint density at radius 3 is 2.00 bits per heavy atom. The first-order chi connectivity index (χ1) is 9.34. The molecule has 0 bridgehead atoms. The average Bonchev–Trinajstić information content (AvgIpc) is 2.98. The molecule has 0 aromatic heterocycles. The second-order valence-corrected chi connectivity index (χ2v) is 4.60. The lowest BCUT2D eigenvalue weighted by Crippen LogP contribution is -2.36. The van der Waals surface area contributed by atoms with E-state index in [0.717, 1.165) is 5.56 Å². The third kappa shape index (κ3) is 2.28. The minimum atomic E-state index is -0.755. The zero-order chi connectivity index (χ0) is 13.1. The van der Waals surface area contributed by atoms with Gasteiger partial charge in [-0.15, -0.1) is 0 Å². The highest BCUT2D eigenvalue weighted by atomic mass is 16.7. The lowest BCUT2D eigenvalue weighted by Gasteiger charge is -2.26. The van der Waals surface area contributed by atoms with Gasteiger partial charge in [-0.05, 0) is 11.1 Å². The molecule has 1 heterocycles. The number of nitrogens with two attached hydrogens (primary N) is 1. The first-order valence-electron chi connectivity index (χ1n) is 6.48. The maximum Gasteiger partial charge on any atom is 0.207 e. The summed E-state index contributed by atoms with van der Waals surface area (Å²) in [7, 11) is 0. The van der Waals surface area contributed by atoms with Gasteiger partial charge >= 0.3 is 0 Å². The van der Waals surface area contributed by atoms with Crippen LogP contribution in [0, 0.1) is 0 Å². The molecule has 0 spiro atoms. The number of hydrogen-bond donors (Lipinski definition) is 1. The zero-order valence-corrected chi connectivity index (χ0v) is 10.7. The summed E-state index contributed by atoms with van der Waals surface area (Å²) in [6.07, 6.45) is 0. The molecule has 0 amide bonds. The van der Waals surface area contributed by atoms with Gasteiger partial charge in [0.05, 0.1) is 19.8 Å². The van der Waals surface area contributed by atoms with E-state index < -0.39 is 5.79 Å². The lowest BCUT2D eigenvalue weighted by molar-refractivity contribution is -0.156. The van der Waals surface area contributed by atoms with Gasteiger partial charge in [-0.3, -0.25) is 0 Å². The van der Waals surface area contributed by atoms with E-state index in [1.165, 1.54) is 11.1 Å². The molecule has 0 saturated carbocycles. The van der Waals surface area contributed by atoms with E-state index in [-0.39, 0.29) is 0 Å². The molecule has 2 N–H and O–H groups in total. The molecule has 1 aliphatic rings. The predicted octanol–water partition coefficient (Wildman–Crippen LogP) is 2.51. The van der Waals surface area contributed by atoms with Crippen molar-refractivity contribution >= 4 is 0 Å². The van der Waals surface area contributed by atoms with E-state index >= 15 is 0 Å². The molecule has 1 saturated heterocycles. The highest BCUT2D eigenvalue weighted by Crippen LogP contribution is 2.31. The summed E-state index contributed by atoms with van der Waals surface area (Å²) in [5, 5.41) is 0. The van der Waals surface area contributed by atoms with Gasteiger partial charge in [0.15, 0.2) is 0 Å². The van der Waals surface area contributed by atoms with E-state index in [1.807, 2.05) is 30.3 Å². The van der Waals surface area contributed by atoms with Gasteiger partial charge < -0.3 is 15.2 Å². The van der Waals surface area contributed by atoms with E-state index in [1.54, 1.807) is 0 Å². The van der Waals surface area contributed by atoms with Gasteiger partial charge in [0.25, 0.3) is 0 Å². The van der Waals surface area contributed by atoms with E-state index in [0.29, 0.717) is 19.8 Å². The molecule has 2 aromatic rings. The molecule has 0 atom stereocenters. The summed E-state index contributed by atoms with van der Waals surface area (Å²) in [6, 6.07) is 18.5. The molecule has 0 radical (unpaired) electrons. The van der Waals surface area contributed by atoms with E-state index in [2.05, 4.69) is 24.3 Å². The first kappa shape index (κ1) is 12.4. The Morgan fingerprint density at radius 1 is 0.842 bits per heavy atom. The van der Waals surface area contributed by atoms with Crippen molar-refractivity contribution in [2.75, 3.05) is 19.8 Å². The van der Waals surface area contributed by atoms with Crippen LogP contribution in [-0.4, -0.2) is 19.8 Å². The topological polar surface area (TPSA) is 44.5 Å². The molecule has 0 unspecified atom stereocenters. The van der Waals surface area contributed by atoms with Gasteiger partial charge in [-0.25, -0.2) is 0 Å². The van der Waals surface area contributed by atoms with Crippen LogP contribution in [-0.2, 0) is 15.3 Å². The van der Waals surface area contributed by atoms with Crippen LogP contribution in [0.15, 0.2) is 54.6 Å². The quantitative estimate of drug-likeness (QED) is 0.916. The average molecular weight is 255 g/mol. The molecular weight excluding hydrogens is 238 g/mol. The lowest BCUT2D eigenvalue weighted by atomic mass is 10.00. The molecule has 0 aliphatic carbocycles. The molecule has 98 valence electrons. The maximum atomic E-state index is 5.80. The van der Waals surface area contributed by atoms with Gasteiger partial charge in [0.1, 0.15) is 0 Å². The van der Waals surface area contributed by atoms with Crippen LogP contribution >= 0.6 is 0 Å². The Hall–Kier alpha value is -1.68. The van der Waals surface area contributed by atoms with Crippen LogP contribution in [0.5, 0.6) is 0 Å². The van der Waals surface area contributed by atoms with Crippen molar-refractivity contribution in [1.29, 1.82) is 0 Å². The zero-order valence-electron chi connectivity index (χ0n) is 10.7. The van der Waals surface area contributed by atoms with Gasteiger partial charge in [0.2, 0.25) is 5.79 Å². The van der Waals surface area contributed by atoms with Crippen LogP contribution in [0.4, 0.5) is 0 Å². The fraction of sp³-hybridized carbons (Fsp3) is 0.250. The molecule has 3 heteroatoms. The van der Waals surface area contributed by atoms with Gasteiger partial charge in [-0.1, -0.05) is 54.6 Å². The summed E-state index contributed by atoms with van der Waals surface area (Å²) < 4.78 is 11.3. The molecule has 3 nitrogen and oxygen atoms in total. The number of hydrogen-bond acceptors (Lipinski definition) is 3. The highest BCUT2D eigenvalue weighted by molar-refractivity contribution is 5.63. The summed E-state index contributed by atoms with van der Waals surface area (Å²) >= 11 is 0. The predicted molar refractivity (Wildman–Crippen MR) is 74.5 cm³/mol. The Morgan fingerprint density at radius 2 is 1.42 bits per heavy atom. The maximum absolute atomic E-state index is 5.80. The fourth-order valence-corrected chi connectivity index (χ4v) is 2.40. The van der Waals surface area contributed by atoms with E-state index in [4.69, 9.17) is 15.2 Å². The third-order valence-corrected chi connectivity index (χ3v) is 3.45. The Balaban J connectivity index is 1.91. The number of ether oxygens (including phenoxy) is 2. The van der Waals surface area contributed by atoms with Crippen molar-refractivity contribution in [1.82, 2.24) is 0 Å². The summed E-state index contributed by atoms with van der Waals surface area (Å²) in [4.78, 5) is 0. The first-order valence-corrected chi connectivity index (χ1v) is 6.48. The van der Waals surface area contributed by atoms with Crippen molar-refractivity contribution in [2.45, 2.75) is 5.79 Å². The number of rotatable bonds is 3. The summed E-state index contributed by atoms with van der Waals surface area (Å²) in [5.41, 5.74) is 9.15. The van der Waals surface area contributed by atoms with Crippen LogP contribution in [0.1, 0.15) is 5.56 Å². The molecule has 1 aliphatic heterocycles. The standard InChI is InChI=1S/C16H17NO2/c17-12-16(18-10-11-19-16)15-8-6-14(7-9-15)13-4-2-1-3-5-13/h1-9H,10-12,17H2.